The number of nitrogens with one attached hydrogen (secondary N) is 1. The van der Waals surface area contributed by atoms with Gasteiger partial charge in [-0.2, -0.15) is 4.31 Å². The van der Waals surface area contributed by atoms with Crippen LogP contribution in [0.1, 0.15) is 44.1 Å². The summed E-state index contributed by atoms with van der Waals surface area (Å²) in [6.45, 7) is 2.77. The number of hydrogen-bond donors (Lipinski definition) is 1. The van der Waals surface area contributed by atoms with Gasteiger partial charge in [-0.1, -0.05) is 30.7 Å². The molecule has 8 heteroatoms. The molecule has 0 bridgehead atoms. The lowest BCUT2D eigenvalue weighted by molar-refractivity contribution is -0.125. The maximum atomic E-state index is 13.1. The predicted molar refractivity (Wildman–Crippen MR) is 120 cm³/mol. The summed E-state index contributed by atoms with van der Waals surface area (Å²) in [5.74, 6) is 0.724. The first kappa shape index (κ1) is 21.8. The number of benzene rings is 1. The standard InChI is InChI=1S/C23H30N4O3S/c28-23(25-18-19-12-13-22(24-17-19)26-14-6-2-7-15-26)21-11-5-8-16-27(21)31(29,30)20-9-3-1-4-10-20/h1,3-4,9-10,12-13,17,21H,2,5-8,11,14-16,18H2,(H,25,28). The van der Waals surface area contributed by atoms with E-state index in [-0.39, 0.29) is 10.8 Å². The molecule has 2 aromatic rings. The maximum absolute atomic E-state index is 13.1. The number of pyridine rings is 1. The van der Waals surface area contributed by atoms with Gasteiger partial charge in [0.1, 0.15) is 11.9 Å². The topological polar surface area (TPSA) is 82.6 Å². The second-order valence-corrected chi connectivity index (χ2v) is 10.1. The van der Waals surface area contributed by atoms with E-state index < -0.39 is 16.1 Å². The van der Waals surface area contributed by atoms with Gasteiger partial charge in [0, 0.05) is 32.4 Å². The number of sulfonamides is 1. The van der Waals surface area contributed by atoms with E-state index >= 15 is 0 Å². The van der Waals surface area contributed by atoms with Crippen LogP contribution in [0.4, 0.5) is 5.82 Å². The van der Waals surface area contributed by atoms with Crippen LogP contribution in [0.25, 0.3) is 0 Å². The van der Waals surface area contributed by atoms with Crippen molar-refractivity contribution >= 4 is 21.7 Å². The van der Waals surface area contributed by atoms with Crippen molar-refractivity contribution in [3.63, 3.8) is 0 Å². The second kappa shape index (κ2) is 9.78. The van der Waals surface area contributed by atoms with Gasteiger partial charge in [-0.25, -0.2) is 13.4 Å². The number of carbonyl (C=O) groups is 1. The molecule has 166 valence electrons. The zero-order valence-electron chi connectivity index (χ0n) is 17.7. The highest BCUT2D eigenvalue weighted by Gasteiger charge is 2.37. The summed E-state index contributed by atoms with van der Waals surface area (Å²) >= 11 is 0. The van der Waals surface area contributed by atoms with Crippen LogP contribution < -0.4 is 10.2 Å². The molecule has 31 heavy (non-hydrogen) atoms. The van der Waals surface area contributed by atoms with E-state index in [1.807, 2.05) is 12.1 Å². The number of amides is 1. The third-order valence-corrected chi connectivity index (χ3v) is 7.98. The molecule has 1 aromatic carbocycles. The third kappa shape index (κ3) is 5.07. The summed E-state index contributed by atoms with van der Waals surface area (Å²) < 4.78 is 27.6. The minimum absolute atomic E-state index is 0.229. The first-order valence-electron chi connectivity index (χ1n) is 11.1. The molecule has 0 aliphatic carbocycles. The van der Waals surface area contributed by atoms with E-state index in [2.05, 4.69) is 15.2 Å². The number of hydrogen-bond acceptors (Lipinski definition) is 5. The Morgan fingerprint density at radius 1 is 0.968 bits per heavy atom. The van der Waals surface area contributed by atoms with Gasteiger partial charge in [-0.15, -0.1) is 0 Å². The number of aromatic nitrogens is 1. The molecule has 1 N–H and O–H groups in total. The molecular weight excluding hydrogens is 412 g/mol. The highest BCUT2D eigenvalue weighted by Crippen LogP contribution is 2.25. The minimum Gasteiger partial charge on any atom is -0.357 e. The summed E-state index contributed by atoms with van der Waals surface area (Å²) in [7, 11) is -3.70. The summed E-state index contributed by atoms with van der Waals surface area (Å²) in [5, 5.41) is 2.92. The van der Waals surface area contributed by atoms with Crippen LogP contribution >= 0.6 is 0 Å². The Labute approximate surface area is 184 Å². The van der Waals surface area contributed by atoms with Crippen LogP contribution in [0.5, 0.6) is 0 Å². The molecule has 1 amide bonds. The van der Waals surface area contributed by atoms with Crippen molar-refractivity contribution in [2.24, 2.45) is 0 Å². The molecular formula is C23H30N4O3S. The number of nitrogens with zero attached hydrogens (tertiary/aromatic N) is 3. The Balaban J connectivity index is 1.40. The summed E-state index contributed by atoms with van der Waals surface area (Å²) in [6, 6.07) is 11.6. The number of piperidine rings is 2. The average Bonchev–Trinajstić information content (AvgIpc) is 2.84. The van der Waals surface area contributed by atoms with Gasteiger partial charge in [-0.3, -0.25) is 4.79 Å². The molecule has 0 spiro atoms. The summed E-state index contributed by atoms with van der Waals surface area (Å²) in [5.41, 5.74) is 0.905. The summed E-state index contributed by atoms with van der Waals surface area (Å²) in [4.78, 5) is 20.0. The average molecular weight is 443 g/mol. The van der Waals surface area contributed by atoms with Crippen molar-refractivity contribution < 1.29 is 13.2 Å². The van der Waals surface area contributed by atoms with Crippen molar-refractivity contribution in [2.45, 2.75) is 56.0 Å². The Kier molecular flexibility index (Phi) is 6.87. The van der Waals surface area contributed by atoms with Crippen LogP contribution in [-0.2, 0) is 21.4 Å². The molecule has 1 aromatic heterocycles. The van der Waals surface area contributed by atoms with E-state index in [9.17, 15) is 13.2 Å². The molecule has 3 heterocycles. The van der Waals surface area contributed by atoms with E-state index in [1.165, 1.54) is 23.6 Å². The van der Waals surface area contributed by atoms with Crippen LogP contribution in [-0.4, -0.2) is 49.3 Å². The van der Waals surface area contributed by atoms with Gasteiger partial charge in [0.05, 0.1) is 4.90 Å². The van der Waals surface area contributed by atoms with Crippen molar-refractivity contribution in [3.8, 4) is 0 Å². The van der Waals surface area contributed by atoms with Crippen LogP contribution in [0.2, 0.25) is 0 Å². The smallest absolute Gasteiger partial charge is 0.243 e. The molecule has 2 aliphatic heterocycles. The number of carbonyl (C=O) groups excluding carboxylic acids is 1. The third-order valence-electron chi connectivity index (χ3n) is 6.06. The van der Waals surface area contributed by atoms with Gasteiger partial charge in [-0.05, 0) is 55.9 Å². The van der Waals surface area contributed by atoms with Crippen molar-refractivity contribution in [2.75, 3.05) is 24.5 Å². The Morgan fingerprint density at radius 3 is 2.42 bits per heavy atom. The molecule has 4 rings (SSSR count). The van der Waals surface area contributed by atoms with E-state index in [1.54, 1.807) is 36.5 Å². The van der Waals surface area contributed by atoms with E-state index in [4.69, 9.17) is 0 Å². The molecule has 0 radical (unpaired) electrons. The molecule has 7 nitrogen and oxygen atoms in total. The Morgan fingerprint density at radius 2 is 1.71 bits per heavy atom. The fourth-order valence-corrected chi connectivity index (χ4v) is 6.00. The Hall–Kier alpha value is -2.45. The van der Waals surface area contributed by atoms with E-state index in [0.29, 0.717) is 19.5 Å². The molecule has 0 saturated carbocycles. The molecule has 2 saturated heterocycles. The van der Waals surface area contributed by atoms with Crippen LogP contribution in [0.15, 0.2) is 53.6 Å². The van der Waals surface area contributed by atoms with Gasteiger partial charge in [0.15, 0.2) is 0 Å². The lowest BCUT2D eigenvalue weighted by atomic mass is 10.0. The van der Waals surface area contributed by atoms with E-state index in [0.717, 1.165) is 37.3 Å². The number of anilines is 1. The van der Waals surface area contributed by atoms with Crippen molar-refractivity contribution in [1.29, 1.82) is 0 Å². The zero-order valence-corrected chi connectivity index (χ0v) is 18.6. The first-order chi connectivity index (χ1) is 15.1. The van der Waals surface area contributed by atoms with Gasteiger partial charge < -0.3 is 10.2 Å². The second-order valence-electron chi connectivity index (χ2n) is 8.23. The van der Waals surface area contributed by atoms with Gasteiger partial charge >= 0.3 is 0 Å². The van der Waals surface area contributed by atoms with Crippen molar-refractivity contribution in [3.05, 3.63) is 54.2 Å². The first-order valence-corrected chi connectivity index (χ1v) is 12.5. The molecule has 1 atom stereocenters. The predicted octanol–water partition coefficient (Wildman–Crippen LogP) is 2.93. The fraction of sp³-hybridized carbons (Fsp3) is 0.478. The normalized spacial score (nSPS) is 20.4. The zero-order chi connectivity index (χ0) is 21.7. The monoisotopic (exact) mass is 442 g/mol. The Bertz CT molecular complexity index is 974. The van der Waals surface area contributed by atoms with Crippen molar-refractivity contribution in [1.82, 2.24) is 14.6 Å². The van der Waals surface area contributed by atoms with Crippen LogP contribution in [0, 0.1) is 0 Å². The number of rotatable bonds is 6. The maximum Gasteiger partial charge on any atom is 0.243 e. The van der Waals surface area contributed by atoms with Gasteiger partial charge in [0.2, 0.25) is 15.9 Å². The lowest BCUT2D eigenvalue weighted by Gasteiger charge is -2.33. The van der Waals surface area contributed by atoms with Gasteiger partial charge in [0.25, 0.3) is 0 Å². The molecule has 2 fully saturated rings. The SMILES string of the molecule is O=C(NCc1ccc(N2CCCCC2)nc1)C1CCCCN1S(=O)(=O)c1ccccc1. The largest absolute Gasteiger partial charge is 0.357 e. The van der Waals surface area contributed by atoms with Crippen LogP contribution in [0.3, 0.4) is 0 Å². The molecule has 2 aliphatic rings. The quantitative estimate of drug-likeness (QED) is 0.744. The lowest BCUT2D eigenvalue weighted by Crippen LogP contribution is -2.51. The fourth-order valence-electron chi connectivity index (χ4n) is 4.32. The minimum atomic E-state index is -3.70. The highest BCUT2D eigenvalue weighted by molar-refractivity contribution is 7.89. The summed E-state index contributed by atoms with van der Waals surface area (Å²) in [6.07, 6.45) is 7.60. The highest BCUT2D eigenvalue weighted by atomic mass is 32.2. The molecule has 1 unspecified atom stereocenters.